The van der Waals surface area contributed by atoms with E-state index in [1.165, 1.54) is 24.3 Å². The standard InChI is InChI=1S/C25H30O8.C18H24O8/c1-2-32-25(29)21(14-19-8-10-22(26)11-9-19)15-23(27)17-30-12-13-31-18-24(28)33-16-20-6-4-3-5-7-20;1-2-26-18(23)14(9-13-3-5-15(19)6-4-13)10-16(20)11-24-7-8-25-12-17(21)22/h3-11,21,26H,2,12-18H2,1H3;3-6,14,19H,2,7-12H2,1H3,(H,21,22). The molecule has 3 aromatic rings. The van der Waals surface area contributed by atoms with Gasteiger partial charge in [-0.15, -0.1) is 0 Å². The lowest BCUT2D eigenvalue weighted by Gasteiger charge is -2.15. The number of hydrogen-bond donors (Lipinski definition) is 3. The first-order valence-electron chi connectivity index (χ1n) is 19.0. The first kappa shape index (κ1) is 49.5. The van der Waals surface area contributed by atoms with Crippen molar-refractivity contribution in [2.75, 3.05) is 66.1 Å². The van der Waals surface area contributed by atoms with E-state index >= 15 is 0 Å². The summed E-state index contributed by atoms with van der Waals surface area (Å²) in [5.41, 5.74) is 2.50. The fourth-order valence-electron chi connectivity index (χ4n) is 5.20. The van der Waals surface area contributed by atoms with Crippen molar-refractivity contribution >= 4 is 35.4 Å². The van der Waals surface area contributed by atoms with Crippen molar-refractivity contribution < 1.29 is 77.2 Å². The number of aliphatic carboxylic acids is 1. The Morgan fingerprint density at radius 1 is 0.508 bits per heavy atom. The topological polar surface area (TPSA) is 228 Å². The lowest BCUT2D eigenvalue weighted by atomic mass is 9.94. The van der Waals surface area contributed by atoms with Crippen molar-refractivity contribution in [1.29, 1.82) is 0 Å². The van der Waals surface area contributed by atoms with Crippen molar-refractivity contribution in [2.45, 2.75) is 46.1 Å². The van der Waals surface area contributed by atoms with Gasteiger partial charge >= 0.3 is 23.9 Å². The van der Waals surface area contributed by atoms with Crippen LogP contribution in [0, 0.1) is 11.8 Å². The second kappa shape index (κ2) is 29.5. The maximum atomic E-state index is 12.3. The predicted molar refractivity (Wildman–Crippen MR) is 210 cm³/mol. The summed E-state index contributed by atoms with van der Waals surface area (Å²) in [5, 5.41) is 27.1. The average Bonchev–Trinajstić information content (AvgIpc) is 3.21. The Balaban J connectivity index is 0.000000419. The molecule has 0 aliphatic rings. The van der Waals surface area contributed by atoms with Crippen molar-refractivity contribution in [3.05, 3.63) is 95.6 Å². The van der Waals surface area contributed by atoms with Gasteiger partial charge in [-0.1, -0.05) is 54.6 Å². The van der Waals surface area contributed by atoms with Crippen molar-refractivity contribution in [3.8, 4) is 11.5 Å². The normalized spacial score (nSPS) is 11.6. The molecule has 0 amide bonds. The highest BCUT2D eigenvalue weighted by Gasteiger charge is 2.25. The first-order valence-corrected chi connectivity index (χ1v) is 19.0. The van der Waals surface area contributed by atoms with Gasteiger partial charge in [-0.05, 0) is 67.6 Å². The number of benzene rings is 3. The summed E-state index contributed by atoms with van der Waals surface area (Å²) in [7, 11) is 0. The summed E-state index contributed by atoms with van der Waals surface area (Å²) in [6.07, 6.45) is 0.577. The zero-order chi connectivity index (χ0) is 43.3. The molecule has 3 rings (SSSR count). The number of ether oxygens (including phenoxy) is 7. The van der Waals surface area contributed by atoms with Gasteiger partial charge in [-0.25, -0.2) is 9.59 Å². The van der Waals surface area contributed by atoms with Crippen molar-refractivity contribution in [2.24, 2.45) is 11.8 Å². The molecule has 0 bridgehead atoms. The molecule has 16 heteroatoms. The molecule has 0 spiro atoms. The predicted octanol–water partition coefficient (Wildman–Crippen LogP) is 4.04. The van der Waals surface area contributed by atoms with Crippen LogP contribution in [-0.4, -0.2) is 117 Å². The van der Waals surface area contributed by atoms with Gasteiger partial charge in [0.15, 0.2) is 11.6 Å². The molecule has 2 unspecified atom stereocenters. The summed E-state index contributed by atoms with van der Waals surface area (Å²) in [6, 6.07) is 22.2. The number of carbonyl (C=O) groups is 6. The summed E-state index contributed by atoms with van der Waals surface area (Å²) in [5.74, 6) is -4.00. The van der Waals surface area contributed by atoms with Crippen LogP contribution in [0.2, 0.25) is 0 Å². The molecular formula is C43H54O16. The van der Waals surface area contributed by atoms with Crippen LogP contribution in [0.3, 0.4) is 0 Å². The van der Waals surface area contributed by atoms with E-state index in [9.17, 15) is 39.0 Å². The Morgan fingerprint density at radius 3 is 1.32 bits per heavy atom. The van der Waals surface area contributed by atoms with Gasteiger partial charge in [0.05, 0.1) is 51.5 Å². The molecule has 0 aliphatic carbocycles. The van der Waals surface area contributed by atoms with Gasteiger partial charge in [-0.3, -0.25) is 19.2 Å². The number of hydrogen-bond acceptors (Lipinski definition) is 15. The van der Waals surface area contributed by atoms with Gasteiger partial charge in [0.1, 0.15) is 44.5 Å². The number of phenols is 2. The highest BCUT2D eigenvalue weighted by molar-refractivity contribution is 5.86. The Bertz CT molecular complexity index is 1690. The van der Waals surface area contributed by atoms with Crippen LogP contribution < -0.4 is 0 Å². The van der Waals surface area contributed by atoms with E-state index in [2.05, 4.69) is 0 Å². The molecule has 0 aromatic heterocycles. The van der Waals surface area contributed by atoms with Gasteiger partial charge in [-0.2, -0.15) is 0 Å². The van der Waals surface area contributed by atoms with Crippen LogP contribution in [0.25, 0.3) is 0 Å². The van der Waals surface area contributed by atoms with Gasteiger partial charge < -0.3 is 48.5 Å². The SMILES string of the molecule is CCOC(=O)C(CC(=O)COCCOCC(=O)O)Cc1ccc(O)cc1.CCOC(=O)C(CC(=O)COCCOCC(=O)OCc1ccccc1)Cc1ccc(O)cc1. The molecule has 16 nitrogen and oxygen atoms in total. The molecule has 322 valence electrons. The molecule has 0 heterocycles. The molecule has 0 saturated heterocycles. The molecule has 0 aliphatic heterocycles. The minimum absolute atomic E-state index is 0.0214. The Hall–Kier alpha value is -5.68. The largest absolute Gasteiger partial charge is 0.508 e. The number of aromatic hydroxyl groups is 2. The molecular weight excluding hydrogens is 772 g/mol. The second-order valence-corrected chi connectivity index (χ2v) is 12.9. The van der Waals surface area contributed by atoms with E-state index in [1.807, 2.05) is 30.3 Å². The molecule has 59 heavy (non-hydrogen) atoms. The molecule has 0 radical (unpaired) electrons. The zero-order valence-electron chi connectivity index (χ0n) is 33.4. The van der Waals surface area contributed by atoms with E-state index in [1.54, 1.807) is 38.1 Å². The van der Waals surface area contributed by atoms with Crippen molar-refractivity contribution in [1.82, 2.24) is 0 Å². The summed E-state index contributed by atoms with van der Waals surface area (Å²) >= 11 is 0. The number of phenolic OH excluding ortho intramolecular Hbond substituents is 2. The van der Waals surface area contributed by atoms with Crippen LogP contribution in [0.5, 0.6) is 11.5 Å². The summed E-state index contributed by atoms with van der Waals surface area (Å²) < 4.78 is 35.6. The Morgan fingerprint density at radius 2 is 0.915 bits per heavy atom. The number of carboxylic acids is 1. The molecule has 0 saturated carbocycles. The quantitative estimate of drug-likeness (QED) is 0.0533. The van der Waals surface area contributed by atoms with Crippen LogP contribution in [0.1, 0.15) is 43.4 Å². The fraction of sp³-hybridized carbons (Fsp3) is 0.442. The number of carboxylic acid groups (broad SMARTS) is 1. The van der Waals surface area contributed by atoms with Crippen LogP contribution >= 0.6 is 0 Å². The smallest absolute Gasteiger partial charge is 0.332 e. The third-order valence-electron chi connectivity index (χ3n) is 7.98. The van der Waals surface area contributed by atoms with Gasteiger partial charge in [0.2, 0.25) is 0 Å². The number of esters is 3. The monoisotopic (exact) mass is 826 g/mol. The summed E-state index contributed by atoms with van der Waals surface area (Å²) in [4.78, 5) is 70.6. The van der Waals surface area contributed by atoms with E-state index in [0.717, 1.165) is 16.7 Å². The lowest BCUT2D eigenvalue weighted by Crippen LogP contribution is -2.25. The van der Waals surface area contributed by atoms with Crippen LogP contribution in [0.4, 0.5) is 0 Å². The maximum Gasteiger partial charge on any atom is 0.332 e. The van der Waals surface area contributed by atoms with E-state index < -0.39 is 42.3 Å². The van der Waals surface area contributed by atoms with Crippen LogP contribution in [0.15, 0.2) is 78.9 Å². The minimum atomic E-state index is -1.08. The maximum absolute atomic E-state index is 12.3. The van der Waals surface area contributed by atoms with E-state index in [-0.39, 0.29) is 102 Å². The van der Waals surface area contributed by atoms with Gasteiger partial charge in [0, 0.05) is 12.8 Å². The van der Waals surface area contributed by atoms with E-state index in [4.69, 9.17) is 38.3 Å². The fourth-order valence-corrected chi connectivity index (χ4v) is 5.20. The number of ketones is 2. The highest BCUT2D eigenvalue weighted by Crippen LogP contribution is 2.19. The molecule has 2 atom stereocenters. The van der Waals surface area contributed by atoms with E-state index in [0.29, 0.717) is 12.8 Å². The highest BCUT2D eigenvalue weighted by atomic mass is 16.6. The second-order valence-electron chi connectivity index (χ2n) is 12.9. The third kappa shape index (κ3) is 23.4. The minimum Gasteiger partial charge on any atom is -0.508 e. The van der Waals surface area contributed by atoms with Crippen molar-refractivity contribution in [3.63, 3.8) is 0 Å². The average molecular weight is 827 g/mol. The molecule has 3 aromatic carbocycles. The van der Waals surface area contributed by atoms with Gasteiger partial charge in [0.25, 0.3) is 0 Å². The first-order chi connectivity index (χ1) is 28.4. The van der Waals surface area contributed by atoms with Crippen LogP contribution in [-0.2, 0) is 81.4 Å². The number of carbonyl (C=O) groups excluding carboxylic acids is 5. The Labute approximate surface area is 343 Å². The lowest BCUT2D eigenvalue weighted by molar-refractivity contribution is -0.151. The Kier molecular flexibility index (Phi) is 24.8. The number of Topliss-reactive ketones (excluding diaryl/α,β-unsaturated/α-hetero) is 2. The number of rotatable bonds is 28. The third-order valence-corrected chi connectivity index (χ3v) is 7.98. The summed E-state index contributed by atoms with van der Waals surface area (Å²) in [6.45, 7) is 3.43. The molecule has 3 N–H and O–H groups in total. The zero-order valence-corrected chi connectivity index (χ0v) is 33.4. The molecule has 0 fully saturated rings.